The molecule has 0 spiro atoms. The van der Waals surface area contributed by atoms with Crippen molar-refractivity contribution in [1.82, 2.24) is 14.9 Å². The van der Waals surface area contributed by atoms with E-state index in [2.05, 4.69) is 9.28 Å². The second-order valence-electron chi connectivity index (χ2n) is 6.84. The van der Waals surface area contributed by atoms with Gasteiger partial charge in [-0.3, -0.25) is 14.1 Å². The summed E-state index contributed by atoms with van der Waals surface area (Å²) < 4.78 is 34.9. The number of fused-ring (bicyclic) bond motifs is 2. The summed E-state index contributed by atoms with van der Waals surface area (Å²) >= 11 is 0. The van der Waals surface area contributed by atoms with Crippen LogP contribution in [0.25, 0.3) is 0 Å². The number of piperidine rings is 1. The lowest BCUT2D eigenvalue weighted by Crippen LogP contribution is -2.48. The molecule has 3 heterocycles. The van der Waals surface area contributed by atoms with E-state index in [-0.39, 0.29) is 24.8 Å². The molecule has 12 nitrogen and oxygen atoms in total. The Morgan fingerprint density at radius 2 is 1.96 bits per heavy atom. The van der Waals surface area contributed by atoms with Crippen LogP contribution in [0.15, 0.2) is 4.99 Å². The molecule has 0 radical (unpaired) electrons. The van der Waals surface area contributed by atoms with E-state index in [1.54, 1.807) is 4.90 Å². The van der Waals surface area contributed by atoms with Crippen LogP contribution >= 0.6 is 0 Å². The predicted octanol–water partition coefficient (Wildman–Crippen LogP) is -1.26. The maximum Gasteiger partial charge on any atom is 0.418 e. The molecule has 0 saturated carbocycles. The summed E-state index contributed by atoms with van der Waals surface area (Å²) in [6, 6.07) is -1.98. The van der Waals surface area contributed by atoms with Gasteiger partial charge in [0, 0.05) is 26.6 Å². The van der Waals surface area contributed by atoms with Crippen molar-refractivity contribution < 1.29 is 31.6 Å². The minimum absolute atomic E-state index is 0.0400. The number of nitrogens with two attached hydrogens (primary N) is 1. The third-order valence-electron chi connectivity index (χ3n) is 5.06. The molecule has 150 valence electrons. The number of rotatable bonds is 4. The van der Waals surface area contributed by atoms with E-state index in [0.717, 1.165) is 0 Å². The molecular weight excluding hydrogens is 382 g/mol. The van der Waals surface area contributed by atoms with Crippen molar-refractivity contribution in [2.24, 2.45) is 16.6 Å². The minimum atomic E-state index is -4.83. The summed E-state index contributed by atoms with van der Waals surface area (Å²) in [5.74, 6) is -1.03. The van der Waals surface area contributed by atoms with Crippen molar-refractivity contribution >= 4 is 34.1 Å². The van der Waals surface area contributed by atoms with Gasteiger partial charge in [-0.25, -0.2) is 4.79 Å². The molecule has 3 aliphatic rings. The predicted molar refractivity (Wildman–Crippen MR) is 90.4 cm³/mol. The Morgan fingerprint density at radius 1 is 1.26 bits per heavy atom. The molecule has 4 amide bonds. The quantitative estimate of drug-likeness (QED) is 0.334. The van der Waals surface area contributed by atoms with Gasteiger partial charge < -0.3 is 15.5 Å². The van der Waals surface area contributed by atoms with Crippen LogP contribution in [0.5, 0.6) is 0 Å². The number of amidine groups is 1. The highest BCUT2D eigenvalue weighted by Gasteiger charge is 2.48. The molecule has 3 saturated heterocycles. The summed E-state index contributed by atoms with van der Waals surface area (Å²) in [5.41, 5.74) is 5.96. The molecular formula is C14H21N5O7S. The monoisotopic (exact) mass is 403 g/mol. The first kappa shape index (κ1) is 19.5. The highest BCUT2D eigenvalue weighted by Crippen LogP contribution is 2.31. The fourth-order valence-electron chi connectivity index (χ4n) is 3.68. The smallest absolute Gasteiger partial charge is 0.385 e. The van der Waals surface area contributed by atoms with Crippen molar-refractivity contribution in [3.8, 4) is 0 Å². The first-order chi connectivity index (χ1) is 12.6. The van der Waals surface area contributed by atoms with Crippen LogP contribution < -0.4 is 5.73 Å². The Kier molecular flexibility index (Phi) is 5.10. The van der Waals surface area contributed by atoms with E-state index in [9.17, 15) is 22.8 Å². The summed E-state index contributed by atoms with van der Waals surface area (Å²) in [5, 5.41) is 0.603. The van der Waals surface area contributed by atoms with Crippen molar-refractivity contribution in [1.29, 1.82) is 0 Å². The normalized spacial score (nSPS) is 28.8. The van der Waals surface area contributed by atoms with E-state index < -0.39 is 40.3 Å². The van der Waals surface area contributed by atoms with Crippen LogP contribution in [-0.2, 0) is 24.3 Å². The minimum Gasteiger partial charge on any atom is -0.385 e. The van der Waals surface area contributed by atoms with Crippen molar-refractivity contribution in [3.63, 3.8) is 0 Å². The van der Waals surface area contributed by atoms with Gasteiger partial charge in [0.05, 0.1) is 18.0 Å². The van der Waals surface area contributed by atoms with E-state index in [1.807, 2.05) is 0 Å². The maximum absolute atomic E-state index is 12.4. The topological polar surface area (TPSA) is 163 Å². The number of amides is 4. The number of carbonyl (C=O) groups excluding carboxylic acids is 3. The number of urea groups is 1. The number of hydrogen-bond acceptors (Lipinski definition) is 6. The number of likely N-dealkylation sites (tertiary alicyclic amines) is 1. The Labute approximate surface area is 155 Å². The molecule has 13 heteroatoms. The largest absolute Gasteiger partial charge is 0.418 e. The molecule has 3 N–H and O–H groups in total. The van der Waals surface area contributed by atoms with Gasteiger partial charge >= 0.3 is 16.4 Å². The van der Waals surface area contributed by atoms with Gasteiger partial charge in [-0.2, -0.15) is 18.5 Å². The lowest BCUT2D eigenvalue weighted by atomic mass is 10.00. The summed E-state index contributed by atoms with van der Waals surface area (Å²) in [4.78, 5) is 42.8. The summed E-state index contributed by atoms with van der Waals surface area (Å²) in [6.45, 7) is 2.35. The lowest BCUT2D eigenvalue weighted by molar-refractivity contribution is -0.128. The third kappa shape index (κ3) is 4.04. The Morgan fingerprint density at radius 3 is 2.56 bits per heavy atom. The number of carbonyl (C=O) groups is 3. The van der Waals surface area contributed by atoms with Crippen LogP contribution in [0.1, 0.15) is 26.2 Å². The number of hydroxylamine groups is 2. The molecule has 3 atom stereocenters. The number of hydrogen-bond donors (Lipinski definition) is 2. The van der Waals surface area contributed by atoms with E-state index in [4.69, 9.17) is 10.3 Å². The fraction of sp³-hybridized carbons (Fsp3) is 0.714. The van der Waals surface area contributed by atoms with Gasteiger partial charge in [0.1, 0.15) is 5.84 Å². The zero-order chi connectivity index (χ0) is 19.9. The molecule has 3 rings (SSSR count). The van der Waals surface area contributed by atoms with Gasteiger partial charge in [-0.05, 0) is 19.3 Å². The van der Waals surface area contributed by atoms with E-state index in [0.29, 0.717) is 30.9 Å². The van der Waals surface area contributed by atoms with Gasteiger partial charge in [0.15, 0.2) is 0 Å². The molecule has 0 aromatic carbocycles. The lowest BCUT2D eigenvalue weighted by Gasteiger charge is -2.29. The summed E-state index contributed by atoms with van der Waals surface area (Å²) in [7, 11) is -4.83. The fourth-order valence-corrected chi connectivity index (χ4v) is 4.07. The Bertz CT molecular complexity index is 798. The number of nitrogens with zero attached hydrogens (tertiary/aromatic N) is 4. The molecule has 0 unspecified atom stereocenters. The zero-order valence-corrected chi connectivity index (χ0v) is 15.5. The van der Waals surface area contributed by atoms with Gasteiger partial charge in [0.2, 0.25) is 5.91 Å². The van der Waals surface area contributed by atoms with Crippen LogP contribution in [-0.4, -0.2) is 83.2 Å². The van der Waals surface area contributed by atoms with Gasteiger partial charge in [-0.15, -0.1) is 4.28 Å². The average Bonchev–Trinajstić information content (AvgIpc) is 3.15. The van der Waals surface area contributed by atoms with Crippen molar-refractivity contribution in [2.75, 3.05) is 19.6 Å². The Hall–Kier alpha value is -2.25. The van der Waals surface area contributed by atoms with Crippen molar-refractivity contribution in [2.45, 2.75) is 38.3 Å². The Balaban J connectivity index is 1.68. The molecule has 0 aromatic rings. The van der Waals surface area contributed by atoms with Gasteiger partial charge in [0.25, 0.3) is 5.91 Å². The van der Waals surface area contributed by atoms with Crippen LogP contribution in [0, 0.1) is 5.92 Å². The van der Waals surface area contributed by atoms with E-state index >= 15 is 0 Å². The summed E-state index contributed by atoms with van der Waals surface area (Å²) in [6.07, 6.45) is 1.24. The van der Waals surface area contributed by atoms with Crippen LogP contribution in [0.4, 0.5) is 4.79 Å². The SMILES string of the molecule is CC(=O)N1CC[C@@H](C(=O)N=C(N)[C@@H]2CC[C@@H]3CN2C(=O)N3OS(=O)(=O)O)C1. The molecule has 2 bridgehead atoms. The van der Waals surface area contributed by atoms with Crippen molar-refractivity contribution in [3.05, 3.63) is 0 Å². The van der Waals surface area contributed by atoms with Crippen LogP contribution in [0.3, 0.4) is 0 Å². The van der Waals surface area contributed by atoms with Crippen LogP contribution in [0.2, 0.25) is 0 Å². The zero-order valence-electron chi connectivity index (χ0n) is 14.6. The molecule has 3 aliphatic heterocycles. The first-order valence-electron chi connectivity index (χ1n) is 8.47. The molecule has 0 aliphatic carbocycles. The second kappa shape index (κ2) is 7.05. The standard InChI is InChI=1S/C14H21N5O7S/c1-8(20)17-5-4-9(6-17)13(21)16-12(15)11-3-2-10-7-18(11)14(22)19(10)26-27(23,24)25/h9-11H,2-7H2,1H3,(H2,15,16,21)(H,23,24,25)/t9-,10-,11+/m1/s1. The van der Waals surface area contributed by atoms with E-state index in [1.165, 1.54) is 11.8 Å². The first-order valence-corrected chi connectivity index (χ1v) is 9.83. The number of aliphatic imine (C=N–C) groups is 1. The highest BCUT2D eigenvalue weighted by atomic mass is 32.3. The molecule has 3 fully saturated rings. The van der Waals surface area contributed by atoms with Gasteiger partial charge in [-0.1, -0.05) is 0 Å². The molecule has 27 heavy (non-hydrogen) atoms. The highest BCUT2D eigenvalue weighted by molar-refractivity contribution is 7.80. The second-order valence-corrected chi connectivity index (χ2v) is 7.84. The molecule has 0 aromatic heterocycles. The maximum atomic E-state index is 12.4. The third-order valence-corrected chi connectivity index (χ3v) is 5.41. The average molecular weight is 403 g/mol.